The van der Waals surface area contributed by atoms with Gasteiger partial charge in [-0.3, -0.25) is 4.79 Å². The van der Waals surface area contributed by atoms with Crippen molar-refractivity contribution in [1.82, 2.24) is 0 Å². The minimum atomic E-state index is -0.122. The predicted molar refractivity (Wildman–Crippen MR) is 86.6 cm³/mol. The van der Waals surface area contributed by atoms with Gasteiger partial charge in [0.25, 0.3) is 0 Å². The summed E-state index contributed by atoms with van der Waals surface area (Å²) in [5, 5.41) is 3.12. The van der Waals surface area contributed by atoms with E-state index in [1.165, 1.54) is 19.3 Å². The van der Waals surface area contributed by atoms with Gasteiger partial charge < -0.3 is 15.8 Å². The van der Waals surface area contributed by atoms with Crippen LogP contribution in [0.15, 0.2) is 18.2 Å². The largest absolute Gasteiger partial charge is 0.495 e. The summed E-state index contributed by atoms with van der Waals surface area (Å²) in [5.41, 5.74) is 7.15. The second kappa shape index (κ2) is 4.90. The first kappa shape index (κ1) is 13.9. The third-order valence-electron chi connectivity index (χ3n) is 6.01. The molecule has 4 aliphatic carbocycles. The Hall–Kier alpha value is -1.71. The van der Waals surface area contributed by atoms with Gasteiger partial charge in [0.2, 0.25) is 5.91 Å². The van der Waals surface area contributed by atoms with Crippen molar-refractivity contribution in [3.8, 4) is 5.75 Å². The number of hydrogen-bond acceptors (Lipinski definition) is 3. The van der Waals surface area contributed by atoms with E-state index in [-0.39, 0.29) is 11.3 Å². The zero-order chi connectivity index (χ0) is 15.3. The van der Waals surface area contributed by atoms with E-state index < -0.39 is 0 Å². The number of nitrogen functional groups attached to an aromatic ring is 1. The summed E-state index contributed by atoms with van der Waals surface area (Å²) in [5.74, 6) is 3.18. The molecule has 0 atom stereocenters. The first-order valence-corrected chi connectivity index (χ1v) is 8.33. The number of nitrogens with one attached hydrogen (secondary N) is 1. The molecule has 4 heteroatoms. The van der Waals surface area contributed by atoms with Crippen LogP contribution in [0.3, 0.4) is 0 Å². The Labute approximate surface area is 131 Å². The number of methoxy groups -OCH3 is 1. The number of carbonyl (C=O) groups is 1. The van der Waals surface area contributed by atoms with Gasteiger partial charge in [-0.15, -0.1) is 0 Å². The molecule has 4 nitrogen and oxygen atoms in total. The van der Waals surface area contributed by atoms with E-state index in [4.69, 9.17) is 10.5 Å². The number of amides is 1. The molecule has 0 unspecified atom stereocenters. The number of hydrogen-bond donors (Lipinski definition) is 2. The molecule has 118 valence electrons. The molecule has 0 heterocycles. The lowest BCUT2D eigenvalue weighted by molar-refractivity contribution is -0.140. The second-order valence-electron chi connectivity index (χ2n) is 7.61. The molecule has 0 radical (unpaired) electrons. The Bertz CT molecular complexity index is 576. The normalized spacial score (nSPS) is 35.4. The standard InChI is InChI=1S/C18H24N2O2/c1-22-16-3-2-14(7-15(16)19)20-17(21)18-8-11-4-12(9-18)6-13(5-11)10-18/h2-3,7,11-13H,4-6,8-10,19H2,1H3,(H,20,21). The van der Waals surface area contributed by atoms with Crippen molar-refractivity contribution >= 4 is 17.3 Å². The van der Waals surface area contributed by atoms with Crippen LogP contribution < -0.4 is 15.8 Å². The van der Waals surface area contributed by atoms with Crippen LogP contribution in [0.1, 0.15) is 38.5 Å². The number of carbonyl (C=O) groups excluding carboxylic acids is 1. The summed E-state index contributed by atoms with van der Waals surface area (Å²) in [7, 11) is 1.60. The monoisotopic (exact) mass is 300 g/mol. The molecule has 4 aliphatic rings. The predicted octanol–water partition coefficient (Wildman–Crippen LogP) is 3.43. The van der Waals surface area contributed by atoms with Crippen LogP contribution >= 0.6 is 0 Å². The third-order valence-corrected chi connectivity index (χ3v) is 6.01. The highest BCUT2D eigenvalue weighted by molar-refractivity contribution is 5.96. The van der Waals surface area contributed by atoms with Crippen LogP contribution in [0.2, 0.25) is 0 Å². The molecule has 4 saturated carbocycles. The van der Waals surface area contributed by atoms with Crippen LogP contribution in [-0.4, -0.2) is 13.0 Å². The van der Waals surface area contributed by atoms with E-state index in [9.17, 15) is 4.79 Å². The lowest BCUT2D eigenvalue weighted by atomic mass is 9.49. The Kier molecular flexibility index (Phi) is 3.10. The van der Waals surface area contributed by atoms with Crippen LogP contribution in [0.25, 0.3) is 0 Å². The molecular weight excluding hydrogens is 276 g/mol. The minimum absolute atomic E-state index is 0.122. The summed E-state index contributed by atoms with van der Waals surface area (Å²) in [4.78, 5) is 12.9. The van der Waals surface area contributed by atoms with E-state index in [0.29, 0.717) is 11.4 Å². The Morgan fingerprint density at radius 2 is 1.77 bits per heavy atom. The quantitative estimate of drug-likeness (QED) is 0.841. The van der Waals surface area contributed by atoms with E-state index in [0.717, 1.165) is 42.7 Å². The summed E-state index contributed by atoms with van der Waals surface area (Å²) in [6, 6.07) is 5.47. The molecule has 5 rings (SSSR count). The van der Waals surface area contributed by atoms with Crippen molar-refractivity contribution in [2.45, 2.75) is 38.5 Å². The van der Waals surface area contributed by atoms with Gasteiger partial charge >= 0.3 is 0 Å². The molecule has 3 N–H and O–H groups in total. The molecule has 0 aliphatic heterocycles. The number of rotatable bonds is 3. The fourth-order valence-electron chi connectivity index (χ4n) is 5.46. The molecule has 0 saturated heterocycles. The molecule has 0 spiro atoms. The Morgan fingerprint density at radius 1 is 1.18 bits per heavy atom. The zero-order valence-corrected chi connectivity index (χ0v) is 13.1. The SMILES string of the molecule is COc1ccc(NC(=O)C23CC4CC(CC(C4)C2)C3)cc1N. The van der Waals surface area contributed by atoms with Crippen molar-refractivity contribution in [3.05, 3.63) is 18.2 Å². The van der Waals surface area contributed by atoms with Crippen LogP contribution in [0.5, 0.6) is 5.75 Å². The third kappa shape index (κ3) is 2.16. The average Bonchev–Trinajstić information content (AvgIpc) is 2.46. The molecule has 1 aromatic rings. The first-order valence-electron chi connectivity index (χ1n) is 8.33. The van der Waals surface area contributed by atoms with Crippen molar-refractivity contribution in [2.24, 2.45) is 23.2 Å². The lowest BCUT2D eigenvalue weighted by Gasteiger charge is -2.55. The minimum Gasteiger partial charge on any atom is -0.495 e. The fourth-order valence-corrected chi connectivity index (χ4v) is 5.46. The highest BCUT2D eigenvalue weighted by Gasteiger charge is 2.54. The van der Waals surface area contributed by atoms with E-state index in [2.05, 4.69) is 5.32 Å². The summed E-state index contributed by atoms with van der Waals surface area (Å²) >= 11 is 0. The molecule has 1 aromatic carbocycles. The van der Waals surface area contributed by atoms with Gasteiger partial charge in [0.15, 0.2) is 0 Å². The molecule has 1 amide bonds. The highest BCUT2D eigenvalue weighted by atomic mass is 16.5. The highest BCUT2D eigenvalue weighted by Crippen LogP contribution is 2.60. The zero-order valence-electron chi connectivity index (χ0n) is 13.1. The topological polar surface area (TPSA) is 64.3 Å². The number of benzene rings is 1. The van der Waals surface area contributed by atoms with Crippen molar-refractivity contribution in [3.63, 3.8) is 0 Å². The van der Waals surface area contributed by atoms with E-state index in [1.807, 2.05) is 12.1 Å². The molecule has 4 fully saturated rings. The lowest BCUT2D eigenvalue weighted by Crippen LogP contribution is -2.51. The maximum absolute atomic E-state index is 12.9. The Balaban J connectivity index is 1.54. The molecule has 4 bridgehead atoms. The fraction of sp³-hybridized carbons (Fsp3) is 0.611. The van der Waals surface area contributed by atoms with Crippen LogP contribution in [0.4, 0.5) is 11.4 Å². The van der Waals surface area contributed by atoms with Crippen LogP contribution in [0, 0.1) is 23.2 Å². The van der Waals surface area contributed by atoms with Gasteiger partial charge in [0, 0.05) is 5.69 Å². The first-order chi connectivity index (χ1) is 10.6. The summed E-state index contributed by atoms with van der Waals surface area (Å²) in [6.45, 7) is 0. The smallest absolute Gasteiger partial charge is 0.230 e. The number of nitrogens with two attached hydrogens (primary N) is 1. The van der Waals surface area contributed by atoms with Gasteiger partial charge in [0.1, 0.15) is 5.75 Å². The maximum Gasteiger partial charge on any atom is 0.230 e. The van der Waals surface area contributed by atoms with E-state index in [1.54, 1.807) is 13.2 Å². The molecule has 22 heavy (non-hydrogen) atoms. The van der Waals surface area contributed by atoms with Gasteiger partial charge in [0.05, 0.1) is 18.2 Å². The molecule has 0 aromatic heterocycles. The molecular formula is C18H24N2O2. The number of ether oxygens (including phenoxy) is 1. The van der Waals surface area contributed by atoms with Crippen molar-refractivity contribution in [1.29, 1.82) is 0 Å². The second-order valence-corrected chi connectivity index (χ2v) is 7.61. The van der Waals surface area contributed by atoms with Crippen molar-refractivity contribution < 1.29 is 9.53 Å². The van der Waals surface area contributed by atoms with Gasteiger partial charge in [-0.1, -0.05) is 0 Å². The van der Waals surface area contributed by atoms with Crippen molar-refractivity contribution in [2.75, 3.05) is 18.2 Å². The number of anilines is 2. The average molecular weight is 300 g/mol. The van der Waals surface area contributed by atoms with Gasteiger partial charge in [-0.2, -0.15) is 0 Å². The van der Waals surface area contributed by atoms with Crippen LogP contribution in [-0.2, 0) is 4.79 Å². The summed E-state index contributed by atoms with van der Waals surface area (Å²) in [6.07, 6.45) is 7.29. The van der Waals surface area contributed by atoms with Gasteiger partial charge in [-0.25, -0.2) is 0 Å². The maximum atomic E-state index is 12.9. The van der Waals surface area contributed by atoms with Gasteiger partial charge in [-0.05, 0) is 74.5 Å². The Morgan fingerprint density at radius 3 is 2.27 bits per heavy atom. The summed E-state index contributed by atoms with van der Waals surface area (Å²) < 4.78 is 5.17. The van der Waals surface area contributed by atoms with E-state index >= 15 is 0 Å².